The predicted octanol–water partition coefficient (Wildman–Crippen LogP) is 3.31. The Labute approximate surface area is 170 Å². The van der Waals surface area contributed by atoms with Gasteiger partial charge in [-0.15, -0.1) is 15.3 Å². The van der Waals surface area contributed by atoms with E-state index in [2.05, 4.69) is 58.1 Å². The molecular formula is C22H28N6O. The van der Waals surface area contributed by atoms with Gasteiger partial charge in [0.2, 0.25) is 0 Å². The highest BCUT2D eigenvalue weighted by Gasteiger charge is 2.34. The molecule has 7 nitrogen and oxygen atoms in total. The van der Waals surface area contributed by atoms with E-state index in [-0.39, 0.29) is 11.6 Å². The van der Waals surface area contributed by atoms with Gasteiger partial charge in [0.15, 0.2) is 11.5 Å². The fourth-order valence-electron chi connectivity index (χ4n) is 4.17. The van der Waals surface area contributed by atoms with Crippen LogP contribution in [0.3, 0.4) is 0 Å². The maximum Gasteiger partial charge on any atom is 0.178 e. The Kier molecular flexibility index (Phi) is 4.93. The summed E-state index contributed by atoms with van der Waals surface area (Å²) >= 11 is 0. The number of benzene rings is 1. The summed E-state index contributed by atoms with van der Waals surface area (Å²) in [6.07, 6.45) is 4.31. The topological polar surface area (TPSA) is 76.4 Å². The number of aromatic nitrogens is 4. The van der Waals surface area contributed by atoms with Crippen molar-refractivity contribution in [2.75, 3.05) is 25.1 Å². The Hall–Kier alpha value is -2.51. The lowest BCUT2D eigenvalue weighted by Gasteiger charge is -2.40. The normalized spacial score (nSPS) is 19.9. The quantitative estimate of drug-likeness (QED) is 0.642. The second-order valence-electron chi connectivity index (χ2n) is 8.34. The molecule has 1 atom stereocenters. The van der Waals surface area contributed by atoms with E-state index >= 15 is 0 Å². The first-order valence-electron chi connectivity index (χ1n) is 10.6. The van der Waals surface area contributed by atoms with Gasteiger partial charge in [-0.05, 0) is 50.3 Å². The van der Waals surface area contributed by atoms with Gasteiger partial charge >= 0.3 is 0 Å². The van der Waals surface area contributed by atoms with Gasteiger partial charge < -0.3 is 15.4 Å². The summed E-state index contributed by atoms with van der Waals surface area (Å²) in [6, 6.07) is 14.9. The van der Waals surface area contributed by atoms with Crippen molar-refractivity contribution >= 4 is 11.5 Å². The summed E-state index contributed by atoms with van der Waals surface area (Å²) in [7, 11) is 0. The lowest BCUT2D eigenvalue weighted by molar-refractivity contribution is 0.0389. The van der Waals surface area contributed by atoms with Gasteiger partial charge in [0, 0.05) is 37.3 Å². The second kappa shape index (κ2) is 7.72. The van der Waals surface area contributed by atoms with E-state index in [9.17, 15) is 0 Å². The van der Waals surface area contributed by atoms with Gasteiger partial charge in [-0.25, -0.2) is 0 Å². The van der Waals surface area contributed by atoms with Crippen LogP contribution in [0.5, 0.6) is 0 Å². The van der Waals surface area contributed by atoms with Gasteiger partial charge in [-0.2, -0.15) is 4.52 Å². The average molecular weight is 393 g/mol. The third-order valence-electron chi connectivity index (χ3n) is 6.11. The zero-order valence-corrected chi connectivity index (χ0v) is 16.8. The smallest absolute Gasteiger partial charge is 0.178 e. The Balaban J connectivity index is 1.33. The molecule has 152 valence electrons. The third-order valence-corrected chi connectivity index (χ3v) is 6.11. The molecule has 1 aromatic carbocycles. The number of hydrogen-bond acceptors (Lipinski definition) is 6. The number of hydrogen-bond donors (Lipinski definition) is 2. The molecule has 0 radical (unpaired) electrons. The molecule has 5 rings (SSSR count). The van der Waals surface area contributed by atoms with Gasteiger partial charge in [0.25, 0.3) is 0 Å². The summed E-state index contributed by atoms with van der Waals surface area (Å²) < 4.78 is 7.56. The predicted molar refractivity (Wildman–Crippen MR) is 112 cm³/mol. The molecule has 0 spiro atoms. The van der Waals surface area contributed by atoms with Crippen LogP contribution in [0.1, 0.15) is 56.0 Å². The highest BCUT2D eigenvalue weighted by atomic mass is 16.5. The minimum Gasteiger partial charge on any atom is -0.381 e. The van der Waals surface area contributed by atoms with Crippen molar-refractivity contribution < 1.29 is 4.74 Å². The molecule has 2 fully saturated rings. The number of fused-ring (bicyclic) bond motifs is 1. The summed E-state index contributed by atoms with van der Waals surface area (Å²) in [4.78, 5) is 0. The van der Waals surface area contributed by atoms with Crippen LogP contribution in [0.25, 0.3) is 5.65 Å². The van der Waals surface area contributed by atoms with E-state index in [4.69, 9.17) is 9.84 Å². The van der Waals surface area contributed by atoms with Gasteiger partial charge in [-0.3, -0.25) is 0 Å². The Bertz CT molecular complexity index is 962. The molecule has 7 heteroatoms. The molecular weight excluding hydrogens is 364 g/mol. The molecule has 2 N–H and O–H groups in total. The lowest BCUT2D eigenvalue weighted by atomic mass is 9.88. The molecule has 1 unspecified atom stereocenters. The second-order valence-corrected chi connectivity index (χ2v) is 8.34. The van der Waals surface area contributed by atoms with Crippen LogP contribution in [0.4, 0.5) is 5.82 Å². The SMILES string of the molecule is CC(NC1(CNc2ccc3nnc(C4CC4)n3n2)CCOCC1)c1ccccc1. The summed E-state index contributed by atoms with van der Waals surface area (Å²) in [5.41, 5.74) is 2.09. The number of nitrogens with one attached hydrogen (secondary N) is 2. The molecule has 0 bridgehead atoms. The summed E-state index contributed by atoms with van der Waals surface area (Å²) in [5.74, 6) is 2.36. The van der Waals surface area contributed by atoms with Crippen LogP contribution in [0, 0.1) is 0 Å². The number of anilines is 1. The van der Waals surface area contributed by atoms with Crippen LogP contribution < -0.4 is 10.6 Å². The number of ether oxygens (including phenoxy) is 1. The molecule has 1 aliphatic heterocycles. The van der Waals surface area contributed by atoms with E-state index in [0.29, 0.717) is 5.92 Å². The molecule has 2 aliphatic rings. The molecule has 2 aromatic heterocycles. The Morgan fingerprint density at radius 3 is 2.66 bits per heavy atom. The minimum atomic E-state index is -0.0311. The number of nitrogens with zero attached hydrogens (tertiary/aromatic N) is 4. The first-order chi connectivity index (χ1) is 14.2. The monoisotopic (exact) mass is 392 g/mol. The van der Waals surface area contributed by atoms with Gasteiger partial charge in [-0.1, -0.05) is 30.3 Å². The van der Waals surface area contributed by atoms with Crippen molar-refractivity contribution in [2.45, 2.75) is 50.1 Å². The van der Waals surface area contributed by atoms with E-state index in [1.165, 1.54) is 18.4 Å². The zero-order valence-electron chi connectivity index (χ0n) is 16.8. The van der Waals surface area contributed by atoms with Crippen molar-refractivity contribution in [3.05, 3.63) is 53.9 Å². The molecule has 29 heavy (non-hydrogen) atoms. The van der Waals surface area contributed by atoms with E-state index in [1.807, 2.05) is 16.6 Å². The average Bonchev–Trinajstić information content (AvgIpc) is 3.52. The Morgan fingerprint density at radius 1 is 1.10 bits per heavy atom. The standard InChI is InChI=1S/C22H28N6O/c1-16(17-5-3-2-4-6-17)24-22(11-13-29-14-12-22)15-23-19-9-10-20-25-26-21(18-7-8-18)28(20)27-19/h2-6,9-10,16,18,24H,7-8,11-15H2,1H3,(H,23,27). The van der Waals surface area contributed by atoms with Crippen LogP contribution >= 0.6 is 0 Å². The molecule has 3 heterocycles. The molecule has 1 aliphatic carbocycles. The zero-order chi connectivity index (χ0) is 19.7. The van der Waals surface area contributed by atoms with Crippen molar-refractivity contribution in [2.24, 2.45) is 0 Å². The lowest BCUT2D eigenvalue weighted by Crippen LogP contribution is -2.54. The van der Waals surface area contributed by atoms with Gasteiger partial charge in [0.05, 0.1) is 0 Å². The van der Waals surface area contributed by atoms with E-state index < -0.39 is 0 Å². The summed E-state index contributed by atoms with van der Waals surface area (Å²) in [5, 5.41) is 20.8. The van der Waals surface area contributed by atoms with Gasteiger partial charge in [0.1, 0.15) is 5.82 Å². The fraction of sp³-hybridized carbons (Fsp3) is 0.500. The van der Waals surface area contributed by atoms with Crippen LogP contribution in [0.2, 0.25) is 0 Å². The van der Waals surface area contributed by atoms with E-state index in [1.54, 1.807) is 0 Å². The van der Waals surface area contributed by atoms with Crippen LogP contribution in [0.15, 0.2) is 42.5 Å². The van der Waals surface area contributed by atoms with Crippen LogP contribution in [-0.4, -0.2) is 45.1 Å². The van der Waals surface area contributed by atoms with Crippen molar-refractivity contribution in [3.63, 3.8) is 0 Å². The Morgan fingerprint density at radius 2 is 1.90 bits per heavy atom. The largest absolute Gasteiger partial charge is 0.381 e. The molecule has 0 amide bonds. The summed E-state index contributed by atoms with van der Waals surface area (Å²) in [6.45, 7) is 4.59. The molecule has 1 saturated heterocycles. The third kappa shape index (κ3) is 3.97. The van der Waals surface area contributed by atoms with Crippen molar-refractivity contribution in [1.29, 1.82) is 0 Å². The number of rotatable bonds is 7. The van der Waals surface area contributed by atoms with Crippen molar-refractivity contribution in [1.82, 2.24) is 25.1 Å². The molecule has 3 aromatic rings. The first-order valence-corrected chi connectivity index (χ1v) is 10.6. The van der Waals surface area contributed by atoms with Crippen LogP contribution in [-0.2, 0) is 4.74 Å². The minimum absolute atomic E-state index is 0.0311. The molecule has 1 saturated carbocycles. The van der Waals surface area contributed by atoms with Crippen molar-refractivity contribution in [3.8, 4) is 0 Å². The first kappa shape index (κ1) is 18.5. The highest BCUT2D eigenvalue weighted by Crippen LogP contribution is 2.38. The maximum atomic E-state index is 5.66. The van der Waals surface area contributed by atoms with E-state index in [0.717, 1.165) is 49.9 Å². The fourth-order valence-corrected chi connectivity index (χ4v) is 4.17. The maximum absolute atomic E-state index is 5.66. The highest BCUT2D eigenvalue weighted by molar-refractivity contribution is 5.44.